The Balaban J connectivity index is 0.00000191. The van der Waals surface area contributed by atoms with E-state index < -0.39 is 30.5 Å². The molecule has 0 aliphatic carbocycles. The smallest absolute Gasteiger partial charge is 0.244 e. The summed E-state index contributed by atoms with van der Waals surface area (Å²) in [5, 5.41) is 13.8. The van der Waals surface area contributed by atoms with Crippen LogP contribution in [0.2, 0.25) is 0 Å². The number of nitrogens with two attached hydrogens (primary N) is 1. The maximum atomic E-state index is 11.8. The van der Waals surface area contributed by atoms with Crippen LogP contribution >= 0.6 is 0 Å². The van der Waals surface area contributed by atoms with Gasteiger partial charge in [0.25, 0.3) is 0 Å². The molecule has 0 aliphatic heterocycles. The van der Waals surface area contributed by atoms with E-state index in [1.807, 2.05) is 44.2 Å². The van der Waals surface area contributed by atoms with Gasteiger partial charge in [-0.2, -0.15) is 0 Å². The van der Waals surface area contributed by atoms with Crippen LogP contribution < -0.4 is 16.4 Å². The molecule has 21 heavy (non-hydrogen) atoms. The van der Waals surface area contributed by atoms with Crippen molar-refractivity contribution in [3.63, 3.8) is 0 Å². The van der Waals surface area contributed by atoms with Crippen LogP contribution in [0.15, 0.2) is 30.3 Å². The summed E-state index contributed by atoms with van der Waals surface area (Å²) in [7, 11) is 1.43. The van der Waals surface area contributed by atoms with Crippen molar-refractivity contribution in [1.82, 2.24) is 10.6 Å². The largest absolute Gasteiger partial charge is 0.394 e. The molecule has 2 unspecified atom stereocenters. The number of carbonyl (C=O) groups is 2. The monoisotopic (exact) mass is 295 g/mol. The molecule has 1 aromatic rings. The molecule has 2 amide bonds. The lowest BCUT2D eigenvalue weighted by Gasteiger charge is -2.18. The topological polar surface area (TPSA) is 104 Å². The van der Waals surface area contributed by atoms with E-state index in [9.17, 15) is 9.59 Å². The molecule has 0 bridgehead atoms. The first-order valence-corrected chi connectivity index (χ1v) is 7.00. The molecule has 0 spiro atoms. The van der Waals surface area contributed by atoms with Crippen LogP contribution in [0.25, 0.3) is 0 Å². The lowest BCUT2D eigenvalue weighted by atomic mass is 10.1. The highest BCUT2D eigenvalue weighted by atomic mass is 16.3. The van der Waals surface area contributed by atoms with E-state index in [0.29, 0.717) is 6.42 Å². The van der Waals surface area contributed by atoms with E-state index in [-0.39, 0.29) is 0 Å². The average molecular weight is 295 g/mol. The second-order valence-electron chi connectivity index (χ2n) is 4.15. The fourth-order valence-corrected chi connectivity index (χ4v) is 1.61. The molecule has 0 saturated carbocycles. The van der Waals surface area contributed by atoms with Gasteiger partial charge in [-0.05, 0) is 12.0 Å². The molecule has 1 aromatic carbocycles. The molecule has 2 atom stereocenters. The van der Waals surface area contributed by atoms with Gasteiger partial charge in [-0.25, -0.2) is 0 Å². The van der Waals surface area contributed by atoms with Crippen LogP contribution in [0.5, 0.6) is 0 Å². The maximum absolute atomic E-state index is 11.8. The summed E-state index contributed by atoms with van der Waals surface area (Å²) >= 11 is 0. The normalized spacial score (nSPS) is 12.4. The quantitative estimate of drug-likeness (QED) is 0.583. The number of amides is 2. The van der Waals surface area contributed by atoms with Crippen molar-refractivity contribution >= 4 is 11.8 Å². The SMILES string of the molecule is CC.CNC(=O)C(CO)NC(=O)C(N)Cc1ccccc1. The number of hydrogen-bond donors (Lipinski definition) is 4. The van der Waals surface area contributed by atoms with Crippen molar-refractivity contribution in [1.29, 1.82) is 0 Å². The second-order valence-corrected chi connectivity index (χ2v) is 4.15. The van der Waals surface area contributed by atoms with Gasteiger partial charge >= 0.3 is 0 Å². The van der Waals surface area contributed by atoms with Gasteiger partial charge in [0.05, 0.1) is 12.6 Å². The summed E-state index contributed by atoms with van der Waals surface area (Å²) in [6, 6.07) is 7.61. The van der Waals surface area contributed by atoms with Crippen LogP contribution in [0, 0.1) is 0 Å². The van der Waals surface area contributed by atoms with E-state index in [1.54, 1.807) is 0 Å². The van der Waals surface area contributed by atoms with E-state index >= 15 is 0 Å². The van der Waals surface area contributed by atoms with Gasteiger partial charge in [-0.3, -0.25) is 9.59 Å². The van der Waals surface area contributed by atoms with Crippen LogP contribution in [0.4, 0.5) is 0 Å². The number of aliphatic hydroxyl groups excluding tert-OH is 1. The first-order valence-electron chi connectivity index (χ1n) is 7.00. The Morgan fingerprint density at radius 3 is 2.24 bits per heavy atom. The van der Waals surface area contributed by atoms with Gasteiger partial charge in [-0.15, -0.1) is 0 Å². The number of benzene rings is 1. The molecule has 1 rings (SSSR count). The van der Waals surface area contributed by atoms with Crippen molar-refractivity contribution in [3.05, 3.63) is 35.9 Å². The zero-order valence-corrected chi connectivity index (χ0v) is 12.8. The maximum Gasteiger partial charge on any atom is 0.244 e. The van der Waals surface area contributed by atoms with Crippen molar-refractivity contribution in [3.8, 4) is 0 Å². The van der Waals surface area contributed by atoms with Crippen molar-refractivity contribution in [2.24, 2.45) is 5.73 Å². The van der Waals surface area contributed by atoms with Gasteiger partial charge in [0.15, 0.2) is 0 Å². The number of carbonyl (C=O) groups excluding carboxylic acids is 2. The molecule has 0 radical (unpaired) electrons. The number of aliphatic hydroxyl groups is 1. The Kier molecular flexibility index (Phi) is 9.83. The Labute approximate surface area is 125 Å². The van der Waals surface area contributed by atoms with Gasteiger partial charge < -0.3 is 21.5 Å². The van der Waals surface area contributed by atoms with Crippen molar-refractivity contribution < 1.29 is 14.7 Å². The lowest BCUT2D eigenvalue weighted by Crippen LogP contribution is -2.53. The summed E-state index contributed by atoms with van der Waals surface area (Å²) < 4.78 is 0. The molecule has 0 heterocycles. The predicted octanol–water partition coefficient (Wildman–Crippen LogP) is -0.194. The van der Waals surface area contributed by atoms with Crippen molar-refractivity contribution in [2.75, 3.05) is 13.7 Å². The summed E-state index contributed by atoms with van der Waals surface area (Å²) in [6.45, 7) is 3.53. The Hall–Kier alpha value is -1.92. The number of likely N-dealkylation sites (N-methyl/N-ethyl adjacent to an activating group) is 1. The Bertz CT molecular complexity index is 423. The van der Waals surface area contributed by atoms with Gasteiger partial charge in [0, 0.05) is 7.05 Å². The third kappa shape index (κ3) is 6.87. The highest BCUT2D eigenvalue weighted by Crippen LogP contribution is 2.02. The first-order chi connectivity index (χ1) is 10.1. The highest BCUT2D eigenvalue weighted by Gasteiger charge is 2.22. The zero-order chi connectivity index (χ0) is 16.3. The Morgan fingerprint density at radius 1 is 1.19 bits per heavy atom. The molecule has 6 heteroatoms. The molecule has 5 N–H and O–H groups in total. The van der Waals surface area contributed by atoms with E-state index in [0.717, 1.165) is 5.56 Å². The second kappa shape index (κ2) is 10.8. The van der Waals surface area contributed by atoms with E-state index in [4.69, 9.17) is 10.8 Å². The molecule has 118 valence electrons. The number of rotatable bonds is 6. The minimum Gasteiger partial charge on any atom is -0.394 e. The summed E-state index contributed by atoms with van der Waals surface area (Å²) in [6.07, 6.45) is 0.374. The number of hydrogen-bond acceptors (Lipinski definition) is 4. The zero-order valence-electron chi connectivity index (χ0n) is 12.8. The summed E-state index contributed by atoms with van der Waals surface area (Å²) in [5.41, 5.74) is 6.70. The lowest BCUT2D eigenvalue weighted by molar-refractivity contribution is -0.130. The third-order valence-electron chi connectivity index (χ3n) is 2.70. The van der Waals surface area contributed by atoms with Crippen LogP contribution in [-0.2, 0) is 16.0 Å². The average Bonchev–Trinajstić information content (AvgIpc) is 2.54. The fraction of sp³-hybridized carbons (Fsp3) is 0.467. The molecule has 0 aliphatic rings. The molecule has 0 aromatic heterocycles. The predicted molar refractivity (Wildman–Crippen MR) is 82.6 cm³/mol. The van der Waals surface area contributed by atoms with Crippen LogP contribution in [-0.4, -0.2) is 42.7 Å². The van der Waals surface area contributed by atoms with Gasteiger partial charge in [0.2, 0.25) is 11.8 Å². The molecule has 0 fully saturated rings. The van der Waals surface area contributed by atoms with Crippen LogP contribution in [0.3, 0.4) is 0 Å². The molecular weight excluding hydrogens is 270 g/mol. The summed E-state index contributed by atoms with van der Waals surface area (Å²) in [5.74, 6) is -0.922. The van der Waals surface area contributed by atoms with Gasteiger partial charge in [-0.1, -0.05) is 44.2 Å². The first kappa shape index (κ1) is 19.1. The van der Waals surface area contributed by atoms with Gasteiger partial charge in [0.1, 0.15) is 6.04 Å². The van der Waals surface area contributed by atoms with E-state index in [1.165, 1.54) is 7.05 Å². The molecule has 0 saturated heterocycles. The fourth-order valence-electron chi connectivity index (χ4n) is 1.61. The van der Waals surface area contributed by atoms with Crippen LogP contribution in [0.1, 0.15) is 19.4 Å². The van der Waals surface area contributed by atoms with E-state index in [2.05, 4.69) is 10.6 Å². The molecular formula is C15H25N3O3. The standard InChI is InChI=1S/C13H19N3O3.C2H6/c1-15-13(19)11(8-17)16-12(18)10(14)7-9-5-3-2-4-6-9;1-2/h2-6,10-11,17H,7-8,14H2,1H3,(H,15,19)(H,16,18);1-2H3. The highest BCUT2D eigenvalue weighted by molar-refractivity contribution is 5.89. The summed E-state index contributed by atoms with van der Waals surface area (Å²) in [4.78, 5) is 23.1. The Morgan fingerprint density at radius 2 is 1.76 bits per heavy atom. The van der Waals surface area contributed by atoms with Crippen molar-refractivity contribution in [2.45, 2.75) is 32.4 Å². The minimum absolute atomic E-state index is 0.374. The third-order valence-corrected chi connectivity index (χ3v) is 2.70. The number of nitrogens with one attached hydrogen (secondary N) is 2. The molecule has 6 nitrogen and oxygen atoms in total. The minimum atomic E-state index is -0.973.